The smallest absolute Gasteiger partial charge is 0.115 e. The first kappa shape index (κ1) is 11.4. The van der Waals surface area contributed by atoms with Crippen LogP contribution in [0.4, 0.5) is 0 Å². The summed E-state index contributed by atoms with van der Waals surface area (Å²) in [6.45, 7) is 2.18. The zero-order valence-corrected chi connectivity index (χ0v) is 11.8. The Morgan fingerprint density at radius 2 is 2.29 bits per heavy atom. The molecule has 1 atom stereocenters. The molecule has 90 valence electrons. The first-order valence-corrected chi connectivity index (χ1v) is 7.69. The van der Waals surface area contributed by atoms with E-state index in [-0.39, 0.29) is 6.04 Å². The van der Waals surface area contributed by atoms with Gasteiger partial charge in [0.25, 0.3) is 0 Å². The van der Waals surface area contributed by atoms with Crippen LogP contribution in [0.1, 0.15) is 38.5 Å². The van der Waals surface area contributed by atoms with Crippen molar-refractivity contribution in [3.63, 3.8) is 0 Å². The molecule has 0 bridgehead atoms. The largest absolute Gasteiger partial charge is 0.307 e. The van der Waals surface area contributed by atoms with Gasteiger partial charge in [-0.1, -0.05) is 0 Å². The summed E-state index contributed by atoms with van der Waals surface area (Å²) < 4.78 is 0. The van der Waals surface area contributed by atoms with Gasteiger partial charge in [-0.3, -0.25) is 0 Å². The van der Waals surface area contributed by atoms with Crippen LogP contribution in [0.25, 0.3) is 0 Å². The molecule has 1 aliphatic rings. The van der Waals surface area contributed by atoms with Crippen LogP contribution in [-0.4, -0.2) is 12.0 Å². The van der Waals surface area contributed by atoms with E-state index in [1.54, 1.807) is 0 Å². The monoisotopic (exact) mass is 264 g/mol. The lowest BCUT2D eigenvalue weighted by Crippen LogP contribution is -2.17. The zero-order valence-electron chi connectivity index (χ0n) is 10.1. The Morgan fingerprint density at radius 1 is 1.41 bits per heavy atom. The molecule has 2 nitrogen and oxygen atoms in total. The molecule has 1 unspecified atom stereocenters. The fourth-order valence-electron chi connectivity index (χ4n) is 2.38. The predicted molar refractivity (Wildman–Crippen MR) is 74.1 cm³/mol. The predicted octanol–water partition coefficient (Wildman–Crippen LogP) is 3.31. The molecule has 2 aromatic rings. The molecule has 0 saturated heterocycles. The number of aryl methyl sites for hydroxylation is 3. The minimum Gasteiger partial charge on any atom is -0.307 e. The van der Waals surface area contributed by atoms with Crippen molar-refractivity contribution in [2.75, 3.05) is 7.05 Å². The van der Waals surface area contributed by atoms with Crippen LogP contribution in [-0.2, 0) is 12.8 Å². The van der Waals surface area contributed by atoms with Gasteiger partial charge in [0.15, 0.2) is 0 Å². The van der Waals surface area contributed by atoms with E-state index in [1.165, 1.54) is 45.3 Å². The van der Waals surface area contributed by atoms with Crippen molar-refractivity contribution in [3.05, 3.63) is 37.5 Å². The van der Waals surface area contributed by atoms with Gasteiger partial charge in [0, 0.05) is 9.75 Å². The summed E-state index contributed by atoms with van der Waals surface area (Å²) in [7, 11) is 2.02. The van der Waals surface area contributed by atoms with Gasteiger partial charge in [-0.25, -0.2) is 4.98 Å². The summed E-state index contributed by atoms with van der Waals surface area (Å²) in [5.74, 6) is 0. The standard InChI is InChI=1S/C13H16N2S2/c1-8-6-7-16-12(8)11(14-2)13-15-9-4-3-5-10(9)17-13/h6-7,11,14H,3-5H2,1-2H3. The fourth-order valence-corrected chi connectivity index (χ4v) is 4.77. The van der Waals surface area contributed by atoms with Crippen molar-refractivity contribution in [3.8, 4) is 0 Å². The first-order chi connectivity index (χ1) is 8.29. The van der Waals surface area contributed by atoms with Crippen LogP contribution in [0.2, 0.25) is 0 Å². The van der Waals surface area contributed by atoms with Gasteiger partial charge in [-0.15, -0.1) is 22.7 Å². The number of rotatable bonds is 3. The summed E-state index contributed by atoms with van der Waals surface area (Å²) in [6.07, 6.45) is 3.69. The van der Waals surface area contributed by atoms with Crippen LogP contribution >= 0.6 is 22.7 Å². The van der Waals surface area contributed by atoms with Gasteiger partial charge >= 0.3 is 0 Å². The van der Waals surface area contributed by atoms with Gasteiger partial charge in [-0.2, -0.15) is 0 Å². The first-order valence-electron chi connectivity index (χ1n) is 5.99. The highest BCUT2D eigenvalue weighted by Gasteiger charge is 2.23. The van der Waals surface area contributed by atoms with Crippen molar-refractivity contribution < 1.29 is 0 Å². The minimum absolute atomic E-state index is 0.283. The van der Waals surface area contributed by atoms with Crippen molar-refractivity contribution in [1.29, 1.82) is 0 Å². The third kappa shape index (κ3) is 1.94. The van der Waals surface area contributed by atoms with E-state index in [9.17, 15) is 0 Å². The van der Waals surface area contributed by atoms with Crippen molar-refractivity contribution in [1.82, 2.24) is 10.3 Å². The molecule has 1 aliphatic carbocycles. The molecule has 2 heterocycles. The van der Waals surface area contributed by atoms with Gasteiger partial charge in [0.05, 0.1) is 11.7 Å². The third-order valence-electron chi connectivity index (χ3n) is 3.31. The number of hydrogen-bond donors (Lipinski definition) is 1. The molecular formula is C13H16N2S2. The highest BCUT2D eigenvalue weighted by Crippen LogP contribution is 2.35. The molecule has 2 aromatic heterocycles. The Labute approximate surface area is 110 Å². The quantitative estimate of drug-likeness (QED) is 0.920. The van der Waals surface area contributed by atoms with Gasteiger partial charge in [0.1, 0.15) is 5.01 Å². The van der Waals surface area contributed by atoms with E-state index < -0.39 is 0 Å². The Bertz CT molecular complexity index is 506. The molecular weight excluding hydrogens is 248 g/mol. The lowest BCUT2D eigenvalue weighted by atomic mass is 10.2. The Balaban J connectivity index is 1.97. The fraction of sp³-hybridized carbons (Fsp3) is 0.462. The average molecular weight is 264 g/mol. The Kier molecular flexibility index (Phi) is 3.03. The van der Waals surface area contributed by atoms with Crippen LogP contribution in [0, 0.1) is 6.92 Å². The lowest BCUT2D eigenvalue weighted by molar-refractivity contribution is 0.691. The second-order valence-electron chi connectivity index (χ2n) is 4.47. The molecule has 0 amide bonds. The maximum atomic E-state index is 4.82. The number of nitrogens with one attached hydrogen (secondary N) is 1. The van der Waals surface area contributed by atoms with E-state index in [4.69, 9.17) is 4.98 Å². The second-order valence-corrected chi connectivity index (χ2v) is 6.53. The Hall–Kier alpha value is -0.710. The maximum absolute atomic E-state index is 4.82. The zero-order chi connectivity index (χ0) is 11.8. The SMILES string of the molecule is CNC(c1nc2c(s1)CCC2)c1sccc1C. The number of fused-ring (bicyclic) bond motifs is 1. The molecule has 17 heavy (non-hydrogen) atoms. The molecule has 0 fully saturated rings. The molecule has 1 N–H and O–H groups in total. The normalized spacial score (nSPS) is 16.1. The second kappa shape index (κ2) is 4.52. The van der Waals surface area contributed by atoms with E-state index in [0.717, 1.165) is 0 Å². The maximum Gasteiger partial charge on any atom is 0.115 e. The number of thiazole rings is 1. The van der Waals surface area contributed by atoms with E-state index in [1.807, 2.05) is 29.7 Å². The summed E-state index contributed by atoms with van der Waals surface area (Å²) in [6, 6.07) is 2.47. The van der Waals surface area contributed by atoms with E-state index in [0.29, 0.717) is 0 Å². The average Bonchev–Trinajstić information content (AvgIpc) is 2.96. The molecule has 0 radical (unpaired) electrons. The molecule has 0 aromatic carbocycles. The summed E-state index contributed by atoms with van der Waals surface area (Å²) in [5, 5.41) is 6.81. The van der Waals surface area contributed by atoms with Crippen LogP contribution in [0.15, 0.2) is 11.4 Å². The number of hydrogen-bond acceptors (Lipinski definition) is 4. The topological polar surface area (TPSA) is 24.9 Å². The highest BCUT2D eigenvalue weighted by molar-refractivity contribution is 7.12. The summed E-state index contributed by atoms with van der Waals surface area (Å²) in [4.78, 5) is 7.73. The van der Waals surface area contributed by atoms with E-state index in [2.05, 4.69) is 23.7 Å². The van der Waals surface area contributed by atoms with Crippen LogP contribution < -0.4 is 5.32 Å². The summed E-state index contributed by atoms with van der Waals surface area (Å²) >= 11 is 3.72. The van der Waals surface area contributed by atoms with Crippen molar-refractivity contribution in [2.24, 2.45) is 0 Å². The highest BCUT2D eigenvalue weighted by atomic mass is 32.1. The molecule has 0 spiro atoms. The Morgan fingerprint density at radius 3 is 2.94 bits per heavy atom. The number of aromatic nitrogens is 1. The van der Waals surface area contributed by atoms with Crippen molar-refractivity contribution >= 4 is 22.7 Å². The number of nitrogens with zero attached hydrogens (tertiary/aromatic N) is 1. The summed E-state index contributed by atoms with van der Waals surface area (Å²) in [5.41, 5.74) is 2.71. The van der Waals surface area contributed by atoms with Crippen LogP contribution in [0.3, 0.4) is 0 Å². The third-order valence-corrected chi connectivity index (χ3v) is 5.62. The molecule has 0 saturated carbocycles. The van der Waals surface area contributed by atoms with Gasteiger partial charge in [0.2, 0.25) is 0 Å². The minimum atomic E-state index is 0.283. The van der Waals surface area contributed by atoms with Gasteiger partial charge in [-0.05, 0) is 50.2 Å². The lowest BCUT2D eigenvalue weighted by Gasteiger charge is -2.13. The van der Waals surface area contributed by atoms with E-state index >= 15 is 0 Å². The van der Waals surface area contributed by atoms with Crippen molar-refractivity contribution in [2.45, 2.75) is 32.2 Å². The molecule has 0 aliphatic heterocycles. The molecule has 4 heteroatoms. The number of thiophene rings is 1. The van der Waals surface area contributed by atoms with Crippen LogP contribution in [0.5, 0.6) is 0 Å². The molecule has 3 rings (SSSR count). The van der Waals surface area contributed by atoms with Gasteiger partial charge < -0.3 is 5.32 Å².